The fourth-order valence-electron chi connectivity index (χ4n) is 1.76. The van der Waals surface area contributed by atoms with Gasteiger partial charge in [0.05, 0.1) is 18.8 Å². The summed E-state index contributed by atoms with van der Waals surface area (Å²) in [5, 5.41) is 0. The molecule has 0 aliphatic heterocycles. The number of rotatable bonds is 9. The number of unbranched alkanes of at least 4 members (excludes halogenated alkanes) is 3. The Bertz CT molecular complexity index is 565. The van der Waals surface area contributed by atoms with Crippen LogP contribution in [0.15, 0.2) is 0 Å². The van der Waals surface area contributed by atoms with E-state index in [1.54, 1.807) is 0 Å². The van der Waals surface area contributed by atoms with Crippen LogP contribution in [0.5, 0.6) is 0 Å². The largest absolute Gasteiger partial charge is 0.327 e. The predicted molar refractivity (Wildman–Crippen MR) is 74.6 cm³/mol. The predicted octanol–water partition coefficient (Wildman–Crippen LogP) is 5.32. The Morgan fingerprint density at radius 1 is 0.826 bits per heavy atom. The van der Waals surface area contributed by atoms with Gasteiger partial charge in [-0.3, -0.25) is 4.57 Å². The van der Waals surface area contributed by atoms with Gasteiger partial charge in [0.1, 0.15) is 0 Å². The molecule has 1 aromatic carbocycles. The van der Waals surface area contributed by atoms with Crippen molar-refractivity contribution in [3.63, 3.8) is 0 Å². The molecule has 0 bridgehead atoms. The molecule has 1 rings (SSSR count). The van der Waals surface area contributed by atoms with Crippen LogP contribution in [0.25, 0.3) is 0 Å². The second kappa shape index (κ2) is 8.76. The molecule has 0 aromatic heterocycles. The molecule has 0 N–H and O–H groups in total. The second-order valence-corrected chi connectivity index (χ2v) is 7.05. The van der Waals surface area contributed by atoms with E-state index in [1.807, 2.05) is 6.92 Å². The van der Waals surface area contributed by atoms with E-state index < -0.39 is 48.9 Å². The first-order valence-corrected chi connectivity index (χ1v) is 9.07. The van der Waals surface area contributed by atoms with Crippen LogP contribution >= 0.6 is 7.60 Å². The Morgan fingerprint density at radius 3 is 1.87 bits per heavy atom. The lowest BCUT2D eigenvalue weighted by Gasteiger charge is -2.15. The van der Waals surface area contributed by atoms with Gasteiger partial charge in [0, 0.05) is 6.66 Å². The van der Waals surface area contributed by atoms with Crippen LogP contribution in [-0.4, -0.2) is 13.3 Å². The Morgan fingerprint density at radius 2 is 1.35 bits per heavy atom. The maximum Gasteiger partial charge on any atom is 0.327 e. The minimum atomic E-state index is -3.66. The number of benzene rings is 1. The highest BCUT2D eigenvalue weighted by molar-refractivity contribution is 7.52. The van der Waals surface area contributed by atoms with E-state index in [0.717, 1.165) is 25.9 Å². The van der Waals surface area contributed by atoms with Crippen LogP contribution in [0.4, 0.5) is 22.0 Å². The molecule has 0 spiro atoms. The van der Waals surface area contributed by atoms with Gasteiger partial charge in [-0.2, -0.15) is 0 Å². The molecule has 9 heteroatoms. The second-order valence-electron chi connectivity index (χ2n) is 4.99. The summed E-state index contributed by atoms with van der Waals surface area (Å²) in [6, 6.07) is 0. The van der Waals surface area contributed by atoms with Crippen molar-refractivity contribution in [3.8, 4) is 0 Å². The highest BCUT2D eigenvalue weighted by Gasteiger charge is 2.27. The zero-order valence-corrected chi connectivity index (χ0v) is 13.7. The fourth-order valence-corrected chi connectivity index (χ4v) is 2.65. The van der Waals surface area contributed by atoms with Gasteiger partial charge in [-0.25, -0.2) is 22.0 Å². The van der Waals surface area contributed by atoms with Crippen LogP contribution in [0, 0.1) is 29.1 Å². The van der Waals surface area contributed by atoms with E-state index in [0.29, 0.717) is 6.42 Å². The normalized spacial score (nSPS) is 14.0. The van der Waals surface area contributed by atoms with Crippen molar-refractivity contribution in [1.29, 1.82) is 0 Å². The van der Waals surface area contributed by atoms with E-state index in [-0.39, 0.29) is 6.61 Å². The lowest BCUT2D eigenvalue weighted by molar-refractivity contribution is 0.193. The first-order valence-electron chi connectivity index (χ1n) is 7.08. The molecule has 0 heterocycles. The van der Waals surface area contributed by atoms with Crippen molar-refractivity contribution in [1.82, 2.24) is 0 Å². The average Bonchev–Trinajstić information content (AvgIpc) is 2.50. The van der Waals surface area contributed by atoms with Gasteiger partial charge in [-0.15, -0.1) is 0 Å². The quantitative estimate of drug-likeness (QED) is 0.197. The molecule has 0 amide bonds. The smallest absolute Gasteiger partial charge is 0.309 e. The molecule has 1 atom stereocenters. The van der Waals surface area contributed by atoms with Crippen molar-refractivity contribution in [2.24, 2.45) is 0 Å². The van der Waals surface area contributed by atoms with Crippen LogP contribution in [0.3, 0.4) is 0 Å². The Hall–Kier alpha value is -0.980. The lowest BCUT2D eigenvalue weighted by Crippen LogP contribution is -2.08. The zero-order valence-electron chi connectivity index (χ0n) is 12.8. The van der Waals surface area contributed by atoms with Crippen LogP contribution in [0.1, 0.15) is 38.2 Å². The molecule has 1 unspecified atom stereocenters. The first kappa shape index (κ1) is 20.1. The third-order valence-corrected chi connectivity index (χ3v) is 4.32. The summed E-state index contributed by atoms with van der Waals surface area (Å²) in [7, 11) is -3.66. The molecule has 0 fully saturated rings. The fraction of sp³-hybridized carbons (Fsp3) is 0.571. The minimum absolute atomic E-state index is 0.116. The average molecular weight is 360 g/mol. The summed E-state index contributed by atoms with van der Waals surface area (Å²) >= 11 is 0. The molecule has 0 aliphatic carbocycles. The standard InChI is InChI=1S/C14H18F5O3P/c1-3-4-5-6-7-21-23(2,20)22-8-9-10(15)12(17)14(19)13(18)11(9)16/h3-8H2,1-2H3. The molecule has 132 valence electrons. The van der Waals surface area contributed by atoms with Gasteiger partial charge in [-0.1, -0.05) is 26.2 Å². The summed E-state index contributed by atoms with van der Waals surface area (Å²) in [6.07, 6.45) is 3.45. The van der Waals surface area contributed by atoms with Gasteiger partial charge in [0.25, 0.3) is 0 Å². The summed E-state index contributed by atoms with van der Waals surface area (Å²) in [5.74, 6) is -10.4. The van der Waals surface area contributed by atoms with Crippen molar-refractivity contribution in [2.45, 2.75) is 39.2 Å². The number of halogens is 5. The summed E-state index contributed by atoms with van der Waals surface area (Å²) < 4.78 is 87.5. The monoisotopic (exact) mass is 360 g/mol. The SMILES string of the molecule is CCCCCCOP(C)(=O)OCc1c(F)c(F)c(F)c(F)c1F. The van der Waals surface area contributed by atoms with Gasteiger partial charge in [0.15, 0.2) is 23.3 Å². The number of hydrogen-bond donors (Lipinski definition) is 0. The van der Waals surface area contributed by atoms with Crippen molar-refractivity contribution in [3.05, 3.63) is 34.6 Å². The summed E-state index contributed by atoms with van der Waals surface area (Å²) in [4.78, 5) is 0. The topological polar surface area (TPSA) is 35.5 Å². The van der Waals surface area contributed by atoms with Gasteiger partial charge < -0.3 is 9.05 Å². The molecule has 0 saturated heterocycles. The van der Waals surface area contributed by atoms with Crippen molar-refractivity contribution in [2.75, 3.05) is 13.3 Å². The van der Waals surface area contributed by atoms with Gasteiger partial charge in [0.2, 0.25) is 5.82 Å². The minimum Gasteiger partial charge on any atom is -0.309 e. The summed E-state index contributed by atoms with van der Waals surface area (Å²) in [6.45, 7) is 2.15. The van der Waals surface area contributed by atoms with E-state index in [9.17, 15) is 26.5 Å². The molecule has 0 saturated carbocycles. The highest BCUT2D eigenvalue weighted by Crippen LogP contribution is 2.45. The van der Waals surface area contributed by atoms with Crippen molar-refractivity contribution >= 4 is 7.60 Å². The zero-order chi connectivity index (χ0) is 17.6. The van der Waals surface area contributed by atoms with E-state index in [2.05, 4.69) is 0 Å². The molecule has 3 nitrogen and oxygen atoms in total. The van der Waals surface area contributed by atoms with E-state index >= 15 is 0 Å². The van der Waals surface area contributed by atoms with Gasteiger partial charge >= 0.3 is 7.60 Å². The lowest BCUT2D eigenvalue weighted by atomic mass is 10.2. The molecular formula is C14H18F5O3P. The van der Waals surface area contributed by atoms with E-state index in [1.165, 1.54) is 0 Å². The molecule has 0 radical (unpaired) electrons. The third-order valence-electron chi connectivity index (χ3n) is 3.07. The molecule has 0 aliphatic rings. The van der Waals surface area contributed by atoms with Crippen LogP contribution in [0.2, 0.25) is 0 Å². The molecule has 23 heavy (non-hydrogen) atoms. The van der Waals surface area contributed by atoms with Gasteiger partial charge in [-0.05, 0) is 6.42 Å². The Kier molecular flexibility index (Phi) is 7.64. The first-order chi connectivity index (χ1) is 10.7. The van der Waals surface area contributed by atoms with Crippen LogP contribution in [-0.2, 0) is 20.2 Å². The Balaban J connectivity index is 2.69. The summed E-state index contributed by atoms with van der Waals surface area (Å²) in [5.41, 5.74) is -1.18. The number of hydrogen-bond acceptors (Lipinski definition) is 3. The van der Waals surface area contributed by atoms with E-state index in [4.69, 9.17) is 9.05 Å². The highest BCUT2D eigenvalue weighted by atomic mass is 31.2. The molecular weight excluding hydrogens is 342 g/mol. The van der Waals surface area contributed by atoms with Crippen LogP contribution < -0.4 is 0 Å². The third kappa shape index (κ3) is 5.55. The van der Waals surface area contributed by atoms with Crippen molar-refractivity contribution < 1.29 is 35.6 Å². The Labute approximate surface area is 131 Å². The maximum atomic E-state index is 13.4. The maximum absolute atomic E-state index is 13.4. The molecule has 1 aromatic rings.